The number of likely N-dealkylation sites (tertiary alicyclic amines) is 1. The number of benzene rings is 1. The van der Waals surface area contributed by atoms with Gasteiger partial charge in [0, 0.05) is 18.7 Å². The van der Waals surface area contributed by atoms with Gasteiger partial charge in [0.05, 0.1) is 12.7 Å². The molecule has 0 unspecified atom stereocenters. The summed E-state index contributed by atoms with van der Waals surface area (Å²) in [5.41, 5.74) is -0.792. The molecule has 0 bridgehead atoms. The first-order valence-electron chi connectivity index (χ1n) is 8.17. The maximum absolute atomic E-state index is 14.3. The van der Waals surface area contributed by atoms with Crippen LogP contribution in [0, 0.1) is 11.6 Å². The summed E-state index contributed by atoms with van der Waals surface area (Å²) in [6.45, 7) is 6.07. The van der Waals surface area contributed by atoms with Crippen molar-refractivity contribution < 1.29 is 27.8 Å². The second-order valence-corrected chi connectivity index (χ2v) is 7.09. The molecular weight excluding hydrogens is 332 g/mol. The van der Waals surface area contributed by atoms with Crippen LogP contribution in [0.2, 0.25) is 0 Å². The standard InChI is InChI=1S/C18H23F2NO4/c1-18(2,3)25-17(23)21-7-5-11(6-8-21)15-13(19)9-12(10-14(15)20)16(22)24-4/h9-11H,5-8H2,1-4H3. The van der Waals surface area contributed by atoms with Gasteiger partial charge in [0.15, 0.2) is 0 Å². The van der Waals surface area contributed by atoms with Crippen LogP contribution >= 0.6 is 0 Å². The number of hydrogen-bond donors (Lipinski definition) is 0. The Morgan fingerprint density at radius 2 is 1.64 bits per heavy atom. The fourth-order valence-corrected chi connectivity index (χ4v) is 2.89. The largest absolute Gasteiger partial charge is 0.465 e. The van der Waals surface area contributed by atoms with Crippen LogP contribution < -0.4 is 0 Å². The number of esters is 1. The van der Waals surface area contributed by atoms with Crippen LogP contribution in [0.3, 0.4) is 0 Å². The fourth-order valence-electron chi connectivity index (χ4n) is 2.89. The molecule has 138 valence electrons. The van der Waals surface area contributed by atoms with E-state index < -0.39 is 29.3 Å². The van der Waals surface area contributed by atoms with Crippen LogP contribution in [0.25, 0.3) is 0 Å². The number of carbonyl (C=O) groups is 2. The number of piperidine rings is 1. The van der Waals surface area contributed by atoms with Gasteiger partial charge in [0.2, 0.25) is 0 Å². The Bertz CT molecular complexity index is 639. The first-order valence-corrected chi connectivity index (χ1v) is 8.17. The smallest absolute Gasteiger partial charge is 0.410 e. The van der Waals surface area contributed by atoms with Crippen molar-refractivity contribution in [1.29, 1.82) is 0 Å². The highest BCUT2D eigenvalue weighted by atomic mass is 19.1. The minimum Gasteiger partial charge on any atom is -0.465 e. The molecular formula is C18H23F2NO4. The van der Waals surface area contributed by atoms with Gasteiger partial charge in [-0.2, -0.15) is 0 Å². The summed E-state index contributed by atoms with van der Waals surface area (Å²) < 4.78 is 38.4. The highest BCUT2D eigenvalue weighted by Crippen LogP contribution is 2.33. The van der Waals surface area contributed by atoms with Crippen molar-refractivity contribution in [3.05, 3.63) is 34.9 Å². The summed E-state index contributed by atoms with van der Waals surface area (Å²) in [7, 11) is 1.15. The average molecular weight is 355 g/mol. The number of amides is 1. The number of methoxy groups -OCH3 is 1. The monoisotopic (exact) mass is 355 g/mol. The van der Waals surface area contributed by atoms with Crippen molar-refractivity contribution in [3.8, 4) is 0 Å². The zero-order chi connectivity index (χ0) is 18.8. The molecule has 1 aromatic rings. The second kappa shape index (κ2) is 7.37. The summed E-state index contributed by atoms with van der Waals surface area (Å²) >= 11 is 0. The summed E-state index contributed by atoms with van der Waals surface area (Å²) in [4.78, 5) is 25.0. The molecule has 0 aliphatic carbocycles. The SMILES string of the molecule is COC(=O)c1cc(F)c(C2CCN(C(=O)OC(C)(C)C)CC2)c(F)c1. The predicted molar refractivity (Wildman–Crippen MR) is 87.5 cm³/mol. The molecule has 1 aromatic carbocycles. The molecule has 1 saturated heterocycles. The molecule has 0 saturated carbocycles. The number of rotatable bonds is 2. The van der Waals surface area contributed by atoms with Crippen LogP contribution in [-0.4, -0.2) is 42.8 Å². The molecule has 0 aromatic heterocycles. The van der Waals surface area contributed by atoms with E-state index in [4.69, 9.17) is 4.74 Å². The third kappa shape index (κ3) is 4.67. The van der Waals surface area contributed by atoms with Gasteiger partial charge in [-0.25, -0.2) is 18.4 Å². The molecule has 0 spiro atoms. The van der Waals surface area contributed by atoms with Crippen LogP contribution in [0.15, 0.2) is 12.1 Å². The summed E-state index contributed by atoms with van der Waals surface area (Å²) in [6, 6.07) is 1.98. The summed E-state index contributed by atoms with van der Waals surface area (Å²) in [6.07, 6.45) is 0.419. The predicted octanol–water partition coefficient (Wildman–Crippen LogP) is 3.87. The molecule has 1 aliphatic heterocycles. The lowest BCUT2D eigenvalue weighted by atomic mass is 9.88. The van der Waals surface area contributed by atoms with E-state index in [2.05, 4.69) is 4.74 Å². The van der Waals surface area contributed by atoms with Crippen molar-refractivity contribution in [1.82, 2.24) is 4.90 Å². The number of ether oxygens (including phenoxy) is 2. The Kier molecular flexibility index (Phi) is 5.65. The minimum absolute atomic E-state index is 0.0449. The minimum atomic E-state index is -0.788. The van der Waals surface area contributed by atoms with E-state index in [1.807, 2.05) is 0 Å². The van der Waals surface area contributed by atoms with Crippen LogP contribution in [0.4, 0.5) is 13.6 Å². The van der Waals surface area contributed by atoms with Gasteiger partial charge in [-0.1, -0.05) is 0 Å². The quantitative estimate of drug-likeness (QED) is 0.756. The number of halogens is 2. The van der Waals surface area contributed by atoms with Gasteiger partial charge in [-0.15, -0.1) is 0 Å². The fraction of sp³-hybridized carbons (Fsp3) is 0.556. The van der Waals surface area contributed by atoms with E-state index in [9.17, 15) is 18.4 Å². The number of hydrogen-bond acceptors (Lipinski definition) is 4. The lowest BCUT2D eigenvalue weighted by Gasteiger charge is -2.33. The van der Waals surface area contributed by atoms with Gasteiger partial charge in [-0.3, -0.25) is 0 Å². The number of nitrogens with zero attached hydrogens (tertiary/aromatic N) is 1. The molecule has 1 amide bonds. The molecule has 1 heterocycles. The van der Waals surface area contributed by atoms with Gasteiger partial charge in [-0.05, 0) is 51.7 Å². The van der Waals surface area contributed by atoms with Crippen LogP contribution in [0.1, 0.15) is 55.5 Å². The third-order valence-corrected chi connectivity index (χ3v) is 4.06. The van der Waals surface area contributed by atoms with Gasteiger partial charge in [0.1, 0.15) is 17.2 Å². The molecule has 1 aliphatic rings. The van der Waals surface area contributed by atoms with Crippen molar-refractivity contribution >= 4 is 12.1 Å². The van der Waals surface area contributed by atoms with Gasteiger partial charge in [0.25, 0.3) is 0 Å². The first-order chi connectivity index (χ1) is 11.6. The van der Waals surface area contributed by atoms with Crippen molar-refractivity contribution in [2.45, 2.75) is 45.1 Å². The van der Waals surface area contributed by atoms with Crippen molar-refractivity contribution in [3.63, 3.8) is 0 Å². The molecule has 7 heteroatoms. The zero-order valence-corrected chi connectivity index (χ0v) is 14.9. The Morgan fingerprint density at radius 3 is 2.08 bits per heavy atom. The highest BCUT2D eigenvalue weighted by molar-refractivity contribution is 5.89. The van der Waals surface area contributed by atoms with Gasteiger partial charge < -0.3 is 14.4 Å². The molecule has 25 heavy (non-hydrogen) atoms. The molecule has 0 atom stereocenters. The second-order valence-electron chi connectivity index (χ2n) is 7.09. The van der Waals surface area contributed by atoms with E-state index >= 15 is 0 Å². The van der Waals surface area contributed by atoms with E-state index in [1.54, 1.807) is 25.7 Å². The topological polar surface area (TPSA) is 55.8 Å². The summed E-state index contributed by atoms with van der Waals surface area (Å²) in [5.74, 6) is -2.68. The van der Waals surface area contributed by atoms with Crippen molar-refractivity contribution in [2.24, 2.45) is 0 Å². The van der Waals surface area contributed by atoms with E-state index in [0.717, 1.165) is 19.2 Å². The van der Waals surface area contributed by atoms with Crippen molar-refractivity contribution in [2.75, 3.05) is 20.2 Å². The molecule has 0 N–H and O–H groups in total. The lowest BCUT2D eigenvalue weighted by molar-refractivity contribution is 0.0203. The normalized spacial score (nSPS) is 15.8. The van der Waals surface area contributed by atoms with Gasteiger partial charge >= 0.3 is 12.1 Å². The Balaban J connectivity index is 2.08. The van der Waals surface area contributed by atoms with E-state index in [1.165, 1.54) is 0 Å². The number of carbonyl (C=O) groups excluding carboxylic acids is 2. The third-order valence-electron chi connectivity index (χ3n) is 4.06. The van der Waals surface area contributed by atoms with E-state index in [-0.39, 0.29) is 17.0 Å². The Morgan fingerprint density at radius 1 is 1.12 bits per heavy atom. The average Bonchev–Trinajstić information content (AvgIpc) is 2.52. The maximum Gasteiger partial charge on any atom is 0.410 e. The van der Waals surface area contributed by atoms with E-state index in [0.29, 0.717) is 25.9 Å². The summed E-state index contributed by atoms with van der Waals surface area (Å²) in [5, 5.41) is 0. The highest BCUT2D eigenvalue weighted by Gasteiger charge is 2.30. The molecule has 1 fully saturated rings. The maximum atomic E-state index is 14.3. The molecule has 5 nitrogen and oxygen atoms in total. The molecule has 2 rings (SSSR count). The Labute approximate surface area is 145 Å². The molecule has 0 radical (unpaired) electrons. The zero-order valence-electron chi connectivity index (χ0n) is 14.9. The van der Waals surface area contributed by atoms with Crippen LogP contribution in [0.5, 0.6) is 0 Å². The first kappa shape index (κ1) is 19.1. The Hall–Kier alpha value is -2.18. The lowest BCUT2D eigenvalue weighted by Crippen LogP contribution is -2.41. The van der Waals surface area contributed by atoms with Crippen LogP contribution in [-0.2, 0) is 9.47 Å².